The number of rotatable bonds is 7. The van der Waals surface area contributed by atoms with Gasteiger partial charge >= 0.3 is 17.6 Å². The number of nitrogens with one attached hydrogen (secondary N) is 1. The molecule has 8 nitrogen and oxygen atoms in total. The fourth-order valence-corrected chi connectivity index (χ4v) is 2.76. The van der Waals surface area contributed by atoms with Gasteiger partial charge in [0.25, 0.3) is 0 Å². The van der Waals surface area contributed by atoms with Crippen LogP contribution in [0.2, 0.25) is 0 Å². The number of ether oxygens (including phenoxy) is 2. The molecule has 0 bridgehead atoms. The van der Waals surface area contributed by atoms with Gasteiger partial charge in [0.2, 0.25) is 0 Å². The predicted octanol–water partition coefficient (Wildman–Crippen LogP) is 2.07. The van der Waals surface area contributed by atoms with E-state index >= 15 is 0 Å². The lowest BCUT2D eigenvalue weighted by Crippen LogP contribution is -2.26. The summed E-state index contributed by atoms with van der Waals surface area (Å²) in [6.07, 6.45) is 3.41. The van der Waals surface area contributed by atoms with Crippen LogP contribution < -0.4 is 10.9 Å². The second-order valence-electron chi connectivity index (χ2n) is 6.21. The summed E-state index contributed by atoms with van der Waals surface area (Å²) in [6, 6.07) is 1.43. The number of carbonyl (C=O) groups excluding carboxylic acids is 3. The number of anilines is 1. The zero-order chi connectivity index (χ0) is 20.0. The van der Waals surface area contributed by atoms with Crippen molar-refractivity contribution in [2.75, 3.05) is 18.5 Å². The number of Topliss-reactive ketones (excluding diaryl/α,β-unsaturated/α-hetero) is 1. The topological polar surface area (TPSA) is 112 Å². The van der Waals surface area contributed by atoms with E-state index in [1.54, 1.807) is 13.8 Å². The van der Waals surface area contributed by atoms with Gasteiger partial charge in [-0.15, -0.1) is 0 Å². The van der Waals surface area contributed by atoms with Crippen molar-refractivity contribution in [3.8, 4) is 0 Å². The first kappa shape index (κ1) is 20.4. The molecule has 1 aliphatic carbocycles. The maximum absolute atomic E-state index is 12.1. The molecule has 0 saturated carbocycles. The molecule has 0 fully saturated rings. The second kappa shape index (κ2) is 9.16. The molecule has 0 spiro atoms. The van der Waals surface area contributed by atoms with Crippen molar-refractivity contribution in [3.63, 3.8) is 0 Å². The van der Waals surface area contributed by atoms with Gasteiger partial charge in [0.1, 0.15) is 11.4 Å². The van der Waals surface area contributed by atoms with Crippen molar-refractivity contribution in [2.24, 2.45) is 11.8 Å². The van der Waals surface area contributed by atoms with Crippen LogP contribution in [0.15, 0.2) is 27.6 Å². The minimum Gasteiger partial charge on any atom is -0.465 e. The Morgan fingerprint density at radius 2 is 1.85 bits per heavy atom. The number of carbonyl (C=O) groups is 3. The molecular formula is C19H23NO7. The highest BCUT2D eigenvalue weighted by atomic mass is 16.6. The second-order valence-corrected chi connectivity index (χ2v) is 6.21. The first-order valence-corrected chi connectivity index (χ1v) is 8.84. The zero-order valence-corrected chi connectivity index (χ0v) is 15.6. The molecule has 1 aromatic rings. The van der Waals surface area contributed by atoms with Crippen LogP contribution >= 0.6 is 0 Å². The lowest BCUT2D eigenvalue weighted by Gasteiger charge is -2.18. The molecule has 8 heteroatoms. The van der Waals surface area contributed by atoms with Gasteiger partial charge in [0.05, 0.1) is 18.8 Å². The molecule has 1 aromatic heterocycles. The lowest BCUT2D eigenvalue weighted by atomic mass is 9.88. The van der Waals surface area contributed by atoms with Gasteiger partial charge < -0.3 is 19.2 Å². The Bertz CT molecular complexity index is 791. The normalized spacial score (nSPS) is 16.3. The van der Waals surface area contributed by atoms with E-state index in [1.165, 1.54) is 18.3 Å². The van der Waals surface area contributed by atoms with Gasteiger partial charge in [0, 0.05) is 12.8 Å². The van der Waals surface area contributed by atoms with Crippen LogP contribution in [-0.4, -0.2) is 30.9 Å². The average molecular weight is 377 g/mol. The molecule has 1 unspecified atom stereocenters. The molecule has 2 rings (SSSR count). The third-order valence-corrected chi connectivity index (χ3v) is 4.00. The van der Waals surface area contributed by atoms with Crippen LogP contribution in [0.3, 0.4) is 0 Å². The first-order valence-electron chi connectivity index (χ1n) is 8.84. The molecule has 0 saturated heterocycles. The number of ketones is 1. The van der Waals surface area contributed by atoms with Crippen molar-refractivity contribution in [3.05, 3.63) is 40.1 Å². The van der Waals surface area contributed by atoms with Crippen molar-refractivity contribution in [1.29, 1.82) is 0 Å². The highest BCUT2D eigenvalue weighted by Gasteiger charge is 2.27. The molecule has 0 amide bonds. The lowest BCUT2D eigenvalue weighted by molar-refractivity contribution is -0.158. The molecule has 1 aliphatic rings. The van der Waals surface area contributed by atoms with E-state index in [1.807, 2.05) is 6.92 Å². The molecule has 0 aromatic carbocycles. The Morgan fingerprint density at radius 3 is 2.44 bits per heavy atom. The largest absolute Gasteiger partial charge is 0.465 e. The summed E-state index contributed by atoms with van der Waals surface area (Å²) in [5.74, 6) is -2.35. The predicted molar refractivity (Wildman–Crippen MR) is 96.3 cm³/mol. The molecule has 0 radical (unpaired) electrons. The van der Waals surface area contributed by atoms with Gasteiger partial charge in [-0.2, -0.15) is 0 Å². The smallest absolute Gasteiger partial charge is 0.359 e. The van der Waals surface area contributed by atoms with E-state index in [2.05, 4.69) is 5.32 Å². The summed E-state index contributed by atoms with van der Waals surface area (Å²) in [6.45, 7) is 5.40. The summed E-state index contributed by atoms with van der Waals surface area (Å²) in [5, 5.41) is 2.66. The van der Waals surface area contributed by atoms with Crippen LogP contribution in [0, 0.1) is 11.8 Å². The van der Waals surface area contributed by atoms with Gasteiger partial charge in [-0.3, -0.25) is 14.4 Å². The maximum Gasteiger partial charge on any atom is 0.359 e. The molecule has 146 valence electrons. The van der Waals surface area contributed by atoms with Crippen molar-refractivity contribution >= 4 is 23.4 Å². The number of hydrogen-bond acceptors (Lipinski definition) is 8. The van der Waals surface area contributed by atoms with Crippen molar-refractivity contribution in [1.82, 2.24) is 0 Å². The molecule has 1 atom stereocenters. The standard InChI is InChI=1S/C19H23NO7/c1-4-25-17(22)12(18(23)26-5-2)6-7-20-14-10-13-15(21)8-11(3)9-16(13)27-19(14)24/h6-7,10-12,20H,4-5,8-9H2,1-3H3/b7-6+. The number of esters is 2. The monoisotopic (exact) mass is 377 g/mol. The highest BCUT2D eigenvalue weighted by molar-refractivity contribution is 5.99. The minimum absolute atomic E-state index is 0.0411. The molecule has 27 heavy (non-hydrogen) atoms. The van der Waals surface area contributed by atoms with E-state index in [0.717, 1.165) is 0 Å². The highest BCUT2D eigenvalue weighted by Crippen LogP contribution is 2.25. The quantitative estimate of drug-likeness (QED) is 0.568. The number of hydrogen-bond donors (Lipinski definition) is 1. The van der Waals surface area contributed by atoms with Crippen molar-refractivity contribution < 1.29 is 28.3 Å². The average Bonchev–Trinajstić information content (AvgIpc) is 2.59. The Labute approximate surface area is 156 Å². The summed E-state index contributed by atoms with van der Waals surface area (Å²) in [5.41, 5.74) is -0.223. The fraction of sp³-hybridized carbons (Fsp3) is 0.474. The SMILES string of the molecule is CCOC(=O)C(/C=C/Nc1cc2c(oc1=O)CC(C)CC2=O)C(=O)OCC. The van der Waals surface area contributed by atoms with E-state index in [4.69, 9.17) is 13.9 Å². The fourth-order valence-electron chi connectivity index (χ4n) is 2.76. The summed E-state index contributed by atoms with van der Waals surface area (Å²) in [4.78, 5) is 48.0. The van der Waals surface area contributed by atoms with E-state index < -0.39 is 23.5 Å². The van der Waals surface area contributed by atoms with E-state index in [0.29, 0.717) is 24.2 Å². The summed E-state index contributed by atoms with van der Waals surface area (Å²) in [7, 11) is 0. The minimum atomic E-state index is -1.26. The molecule has 1 heterocycles. The van der Waals surface area contributed by atoms with E-state index in [9.17, 15) is 19.2 Å². The maximum atomic E-state index is 12.1. The van der Waals surface area contributed by atoms with E-state index in [-0.39, 0.29) is 30.6 Å². The van der Waals surface area contributed by atoms with Crippen LogP contribution in [0.4, 0.5) is 5.69 Å². The Balaban J connectivity index is 2.19. The Hall–Kier alpha value is -2.90. The Kier molecular flexibility index (Phi) is 6.92. The summed E-state index contributed by atoms with van der Waals surface area (Å²) >= 11 is 0. The van der Waals surface area contributed by atoms with Gasteiger partial charge in [-0.1, -0.05) is 6.92 Å². The molecular weight excluding hydrogens is 354 g/mol. The molecule has 1 N–H and O–H groups in total. The van der Waals surface area contributed by atoms with Gasteiger partial charge in [-0.25, -0.2) is 4.79 Å². The van der Waals surface area contributed by atoms with Gasteiger partial charge in [-0.05, 0) is 38.1 Å². The van der Waals surface area contributed by atoms with Crippen LogP contribution in [0.5, 0.6) is 0 Å². The Morgan fingerprint density at radius 1 is 1.22 bits per heavy atom. The van der Waals surface area contributed by atoms with Crippen LogP contribution in [-0.2, 0) is 25.5 Å². The van der Waals surface area contributed by atoms with Gasteiger partial charge in [0.15, 0.2) is 11.7 Å². The first-order chi connectivity index (χ1) is 12.9. The van der Waals surface area contributed by atoms with Crippen LogP contribution in [0.1, 0.15) is 43.3 Å². The third kappa shape index (κ3) is 5.06. The van der Waals surface area contributed by atoms with Crippen LogP contribution in [0.25, 0.3) is 0 Å². The zero-order valence-electron chi connectivity index (χ0n) is 15.6. The number of fused-ring (bicyclic) bond motifs is 1. The van der Waals surface area contributed by atoms with Crippen molar-refractivity contribution in [2.45, 2.75) is 33.6 Å². The third-order valence-electron chi connectivity index (χ3n) is 4.00. The molecule has 0 aliphatic heterocycles. The summed E-state index contributed by atoms with van der Waals surface area (Å²) < 4.78 is 15.0.